The number of likely N-dealkylation sites (tertiary alicyclic amines) is 1. The van der Waals surface area contributed by atoms with Crippen LogP contribution in [0.4, 0.5) is 0 Å². The number of methoxy groups -OCH3 is 1. The maximum atomic E-state index is 12.8. The first-order valence-electron chi connectivity index (χ1n) is 8.52. The van der Waals surface area contributed by atoms with E-state index in [0.717, 1.165) is 49.2 Å². The summed E-state index contributed by atoms with van der Waals surface area (Å²) in [7, 11) is 1.68. The molecule has 0 aliphatic carbocycles. The van der Waals surface area contributed by atoms with Crippen LogP contribution in [0.1, 0.15) is 52.3 Å². The van der Waals surface area contributed by atoms with Crippen LogP contribution in [-0.2, 0) is 17.8 Å². The number of benzene rings is 1. The van der Waals surface area contributed by atoms with E-state index in [1.54, 1.807) is 18.4 Å². The maximum absolute atomic E-state index is 12.8. The van der Waals surface area contributed by atoms with E-state index >= 15 is 0 Å². The average molecular weight is 344 g/mol. The number of amides is 1. The van der Waals surface area contributed by atoms with E-state index in [0.29, 0.717) is 12.5 Å². The SMILES string of the molecule is CCc1csc(C2CCCN(C(=O)c3ccc(COC)cc3)C2)n1. The molecule has 1 aromatic heterocycles. The fraction of sp³-hybridized carbons (Fsp3) is 0.474. The van der Waals surface area contributed by atoms with Gasteiger partial charge in [0, 0.05) is 37.1 Å². The van der Waals surface area contributed by atoms with Gasteiger partial charge in [0.15, 0.2) is 0 Å². The average Bonchev–Trinajstić information content (AvgIpc) is 3.11. The normalized spacial score (nSPS) is 17.9. The second-order valence-corrected chi connectivity index (χ2v) is 7.14. The Balaban J connectivity index is 1.68. The highest BCUT2D eigenvalue weighted by Crippen LogP contribution is 2.30. The van der Waals surface area contributed by atoms with Gasteiger partial charge in [0.2, 0.25) is 0 Å². The van der Waals surface area contributed by atoms with Crippen LogP contribution < -0.4 is 0 Å². The van der Waals surface area contributed by atoms with Crippen molar-refractivity contribution in [1.82, 2.24) is 9.88 Å². The highest BCUT2D eigenvalue weighted by atomic mass is 32.1. The van der Waals surface area contributed by atoms with Gasteiger partial charge in [0.25, 0.3) is 5.91 Å². The predicted octanol–water partition coefficient (Wildman–Crippen LogP) is 3.87. The summed E-state index contributed by atoms with van der Waals surface area (Å²) in [5.41, 5.74) is 3.00. The topological polar surface area (TPSA) is 42.4 Å². The molecule has 2 aromatic rings. The Morgan fingerprint density at radius 1 is 1.38 bits per heavy atom. The Hall–Kier alpha value is -1.72. The lowest BCUT2D eigenvalue weighted by atomic mass is 9.98. The third-order valence-electron chi connectivity index (χ3n) is 4.50. The van der Waals surface area contributed by atoms with E-state index < -0.39 is 0 Å². The van der Waals surface area contributed by atoms with Crippen LogP contribution in [0.5, 0.6) is 0 Å². The molecule has 0 spiro atoms. The van der Waals surface area contributed by atoms with Gasteiger partial charge in [-0.15, -0.1) is 11.3 Å². The van der Waals surface area contributed by atoms with Crippen LogP contribution in [-0.4, -0.2) is 36.0 Å². The highest BCUT2D eigenvalue weighted by Gasteiger charge is 2.27. The fourth-order valence-corrected chi connectivity index (χ4v) is 4.16. The predicted molar refractivity (Wildman–Crippen MR) is 96.5 cm³/mol. The Morgan fingerprint density at radius 3 is 2.83 bits per heavy atom. The Kier molecular flexibility index (Phi) is 5.63. The summed E-state index contributed by atoms with van der Waals surface area (Å²) in [5, 5.41) is 3.32. The second kappa shape index (κ2) is 7.90. The number of aryl methyl sites for hydroxylation is 1. The Labute approximate surface area is 147 Å². The smallest absolute Gasteiger partial charge is 0.253 e. The molecule has 1 unspecified atom stereocenters. The number of ether oxygens (including phenoxy) is 1. The number of hydrogen-bond acceptors (Lipinski definition) is 4. The number of rotatable bonds is 5. The molecule has 1 aliphatic heterocycles. The monoisotopic (exact) mass is 344 g/mol. The number of carbonyl (C=O) groups is 1. The number of carbonyl (C=O) groups excluding carboxylic acids is 1. The fourth-order valence-electron chi connectivity index (χ4n) is 3.13. The minimum atomic E-state index is 0.121. The molecular formula is C19H24N2O2S. The van der Waals surface area contributed by atoms with E-state index in [9.17, 15) is 4.79 Å². The number of thiazole rings is 1. The molecule has 0 bridgehead atoms. The van der Waals surface area contributed by atoms with Crippen LogP contribution >= 0.6 is 11.3 Å². The largest absolute Gasteiger partial charge is 0.380 e. The zero-order chi connectivity index (χ0) is 16.9. The van der Waals surface area contributed by atoms with Crippen molar-refractivity contribution < 1.29 is 9.53 Å². The Bertz CT molecular complexity index is 681. The van der Waals surface area contributed by atoms with Gasteiger partial charge < -0.3 is 9.64 Å². The molecule has 3 rings (SSSR count). The van der Waals surface area contributed by atoms with Gasteiger partial charge in [-0.3, -0.25) is 4.79 Å². The van der Waals surface area contributed by atoms with Crippen molar-refractivity contribution in [1.29, 1.82) is 0 Å². The summed E-state index contributed by atoms with van der Waals surface area (Å²) in [6.07, 6.45) is 3.13. The van der Waals surface area contributed by atoms with Gasteiger partial charge in [-0.1, -0.05) is 19.1 Å². The minimum Gasteiger partial charge on any atom is -0.380 e. The van der Waals surface area contributed by atoms with E-state index in [2.05, 4.69) is 12.3 Å². The zero-order valence-corrected chi connectivity index (χ0v) is 15.1. The lowest BCUT2D eigenvalue weighted by molar-refractivity contribution is 0.0707. The van der Waals surface area contributed by atoms with Crippen molar-refractivity contribution >= 4 is 17.2 Å². The maximum Gasteiger partial charge on any atom is 0.253 e. The summed E-state index contributed by atoms with van der Waals surface area (Å²) in [4.78, 5) is 19.5. The van der Waals surface area contributed by atoms with Gasteiger partial charge in [-0.25, -0.2) is 4.98 Å². The zero-order valence-electron chi connectivity index (χ0n) is 14.3. The molecule has 1 fully saturated rings. The first-order chi connectivity index (χ1) is 11.7. The second-order valence-electron chi connectivity index (χ2n) is 6.25. The van der Waals surface area contributed by atoms with Crippen molar-refractivity contribution in [3.8, 4) is 0 Å². The molecule has 1 saturated heterocycles. The number of hydrogen-bond donors (Lipinski definition) is 0. The molecule has 0 saturated carbocycles. The number of aromatic nitrogens is 1. The van der Waals surface area contributed by atoms with Crippen molar-refractivity contribution in [3.63, 3.8) is 0 Å². The molecule has 1 amide bonds. The van der Waals surface area contributed by atoms with Crippen LogP contribution in [0.2, 0.25) is 0 Å². The molecule has 0 N–H and O–H groups in total. The standard InChI is InChI=1S/C19H24N2O2S/c1-3-17-13-24-18(20-17)16-5-4-10-21(11-16)19(22)15-8-6-14(7-9-15)12-23-2/h6-9,13,16H,3-5,10-12H2,1-2H3. The highest BCUT2D eigenvalue weighted by molar-refractivity contribution is 7.09. The molecule has 5 heteroatoms. The van der Waals surface area contributed by atoms with Crippen molar-refractivity contribution in [2.75, 3.05) is 20.2 Å². The van der Waals surface area contributed by atoms with Crippen molar-refractivity contribution in [2.45, 2.75) is 38.7 Å². The molecule has 1 aliphatic rings. The lowest BCUT2D eigenvalue weighted by Gasteiger charge is -2.32. The summed E-state index contributed by atoms with van der Waals surface area (Å²) < 4.78 is 5.12. The first kappa shape index (κ1) is 17.1. The van der Waals surface area contributed by atoms with Crippen molar-refractivity contribution in [2.24, 2.45) is 0 Å². The molecular weight excluding hydrogens is 320 g/mol. The van der Waals surface area contributed by atoms with Gasteiger partial charge in [-0.05, 0) is 37.0 Å². The van der Waals surface area contributed by atoms with Gasteiger partial charge in [-0.2, -0.15) is 0 Å². The molecule has 2 heterocycles. The van der Waals surface area contributed by atoms with Crippen LogP contribution in [0.3, 0.4) is 0 Å². The van der Waals surface area contributed by atoms with Crippen LogP contribution in [0, 0.1) is 0 Å². The van der Waals surface area contributed by atoms with Crippen LogP contribution in [0.25, 0.3) is 0 Å². The van der Waals surface area contributed by atoms with E-state index in [1.807, 2.05) is 29.2 Å². The summed E-state index contributed by atoms with van der Waals surface area (Å²) in [6, 6.07) is 7.73. The van der Waals surface area contributed by atoms with Gasteiger partial charge >= 0.3 is 0 Å². The molecule has 4 nitrogen and oxygen atoms in total. The van der Waals surface area contributed by atoms with Gasteiger partial charge in [0.05, 0.1) is 17.3 Å². The Morgan fingerprint density at radius 2 is 2.17 bits per heavy atom. The summed E-state index contributed by atoms with van der Waals surface area (Å²) in [6.45, 7) is 4.31. The first-order valence-corrected chi connectivity index (χ1v) is 9.40. The molecule has 128 valence electrons. The third kappa shape index (κ3) is 3.84. The summed E-state index contributed by atoms with van der Waals surface area (Å²) in [5.74, 6) is 0.497. The lowest BCUT2D eigenvalue weighted by Crippen LogP contribution is -2.39. The van der Waals surface area contributed by atoms with E-state index in [-0.39, 0.29) is 5.91 Å². The van der Waals surface area contributed by atoms with E-state index in [1.165, 1.54) is 5.01 Å². The minimum absolute atomic E-state index is 0.121. The number of nitrogens with zero attached hydrogens (tertiary/aromatic N) is 2. The molecule has 1 aromatic carbocycles. The van der Waals surface area contributed by atoms with Crippen LogP contribution in [0.15, 0.2) is 29.6 Å². The summed E-state index contributed by atoms with van der Waals surface area (Å²) >= 11 is 1.73. The number of piperidine rings is 1. The van der Waals surface area contributed by atoms with Crippen molar-refractivity contribution in [3.05, 3.63) is 51.5 Å². The molecule has 0 radical (unpaired) electrons. The molecule has 1 atom stereocenters. The van der Waals surface area contributed by atoms with E-state index in [4.69, 9.17) is 9.72 Å². The third-order valence-corrected chi connectivity index (χ3v) is 5.56. The molecule has 24 heavy (non-hydrogen) atoms. The van der Waals surface area contributed by atoms with Gasteiger partial charge in [0.1, 0.15) is 0 Å². The quantitative estimate of drug-likeness (QED) is 0.827.